The molecule has 0 unspecified atom stereocenters. The van der Waals surface area contributed by atoms with Gasteiger partial charge in [0.1, 0.15) is 5.82 Å². The van der Waals surface area contributed by atoms with E-state index < -0.39 is 0 Å². The van der Waals surface area contributed by atoms with Crippen LogP contribution in [0.3, 0.4) is 0 Å². The molecular formula is C48H46N2. The lowest BCUT2D eigenvalue weighted by Crippen LogP contribution is -2.27. The van der Waals surface area contributed by atoms with Crippen molar-refractivity contribution in [2.45, 2.75) is 59.3 Å². The van der Waals surface area contributed by atoms with Gasteiger partial charge in [0, 0.05) is 22.9 Å². The summed E-state index contributed by atoms with van der Waals surface area (Å²) < 4.78 is 2.49. The Hall–Kier alpha value is -5.47. The largest absolute Gasteiger partial charge is 0.296 e. The first-order chi connectivity index (χ1) is 24.4. The van der Waals surface area contributed by atoms with E-state index in [9.17, 15) is 0 Å². The minimum Gasteiger partial charge on any atom is -0.296 e. The third-order valence-corrected chi connectivity index (χ3v) is 10.8. The highest BCUT2D eigenvalue weighted by Gasteiger charge is 2.33. The van der Waals surface area contributed by atoms with Gasteiger partial charge in [-0.25, -0.2) is 4.98 Å². The molecule has 248 valence electrons. The van der Waals surface area contributed by atoms with Crippen LogP contribution in [0.5, 0.6) is 0 Å². The Bertz CT molecular complexity index is 2130. The lowest BCUT2D eigenvalue weighted by molar-refractivity contribution is 0.366. The summed E-state index contributed by atoms with van der Waals surface area (Å²) in [5.41, 5.74) is 15.8. The topological polar surface area (TPSA) is 17.8 Å². The molecule has 7 aromatic rings. The summed E-state index contributed by atoms with van der Waals surface area (Å²) in [5.74, 6) is 0.989. The second-order valence-corrected chi connectivity index (χ2v) is 13.6. The molecule has 0 N–H and O–H groups in total. The van der Waals surface area contributed by atoms with Gasteiger partial charge in [0.2, 0.25) is 0 Å². The van der Waals surface area contributed by atoms with Crippen LogP contribution in [0, 0.1) is 13.8 Å². The summed E-state index contributed by atoms with van der Waals surface area (Å²) in [5, 5.41) is 0. The number of hydrogen-bond donors (Lipinski definition) is 0. The van der Waals surface area contributed by atoms with Gasteiger partial charge in [0.15, 0.2) is 0 Å². The van der Waals surface area contributed by atoms with E-state index in [1.165, 1.54) is 67.0 Å². The highest BCUT2D eigenvalue weighted by atomic mass is 15.1. The molecule has 6 aromatic carbocycles. The van der Waals surface area contributed by atoms with Crippen molar-refractivity contribution in [2.24, 2.45) is 0 Å². The van der Waals surface area contributed by atoms with Crippen molar-refractivity contribution < 1.29 is 0 Å². The van der Waals surface area contributed by atoms with Gasteiger partial charge in [-0.2, -0.15) is 0 Å². The Morgan fingerprint density at radius 2 is 0.820 bits per heavy atom. The second kappa shape index (κ2) is 14.2. The average molecular weight is 651 g/mol. The summed E-state index contributed by atoms with van der Waals surface area (Å²) >= 11 is 0. The van der Waals surface area contributed by atoms with Gasteiger partial charge in [-0.05, 0) is 125 Å². The average Bonchev–Trinajstić information content (AvgIpc) is 3.61. The first kappa shape index (κ1) is 33.0. The zero-order valence-electron chi connectivity index (χ0n) is 29.9. The fourth-order valence-electron chi connectivity index (χ4n) is 7.78. The molecule has 0 amide bonds. The van der Waals surface area contributed by atoms with Crippen LogP contribution in [0.25, 0.3) is 61.6 Å². The predicted octanol–water partition coefficient (Wildman–Crippen LogP) is 13.3. The summed E-state index contributed by atoms with van der Waals surface area (Å²) in [6, 6.07) is 52.7. The van der Waals surface area contributed by atoms with Crippen LogP contribution < -0.4 is 0 Å². The van der Waals surface area contributed by atoms with Gasteiger partial charge in [-0.3, -0.25) is 4.57 Å². The van der Waals surface area contributed by atoms with Crippen LogP contribution in [0.4, 0.5) is 0 Å². The Morgan fingerprint density at radius 1 is 0.440 bits per heavy atom. The van der Waals surface area contributed by atoms with Crippen LogP contribution in [0.2, 0.25) is 0 Å². The van der Waals surface area contributed by atoms with Crippen LogP contribution in [0.1, 0.15) is 56.9 Å². The van der Waals surface area contributed by atoms with E-state index in [1.807, 2.05) is 0 Å². The Labute approximate surface area is 298 Å². The van der Waals surface area contributed by atoms with Gasteiger partial charge >= 0.3 is 0 Å². The molecule has 7 rings (SSSR count). The summed E-state index contributed by atoms with van der Waals surface area (Å²) in [6.45, 7) is 11.5. The molecule has 0 aliphatic heterocycles. The summed E-state index contributed by atoms with van der Waals surface area (Å²) in [7, 11) is 0. The van der Waals surface area contributed by atoms with Crippen molar-refractivity contribution in [3.05, 3.63) is 169 Å². The molecule has 0 spiro atoms. The highest BCUT2D eigenvalue weighted by molar-refractivity contribution is 5.82. The van der Waals surface area contributed by atoms with Gasteiger partial charge in [0.05, 0.1) is 5.69 Å². The molecule has 2 nitrogen and oxygen atoms in total. The molecular weight excluding hydrogens is 605 g/mol. The maximum Gasteiger partial charge on any atom is 0.144 e. The SMILES string of the molecule is CCC(CC)(CC)c1cnc(-c2cccc(-c3cc(-c4ccccc4)cc(-c4ccccc4)c3)c2)n1-c1c(C)cc(-c2ccccc2)cc1C. The van der Waals surface area contributed by atoms with Crippen molar-refractivity contribution in [1.29, 1.82) is 0 Å². The van der Waals surface area contributed by atoms with Gasteiger partial charge in [-0.15, -0.1) is 0 Å². The Morgan fingerprint density at radius 3 is 1.28 bits per heavy atom. The number of hydrogen-bond acceptors (Lipinski definition) is 1. The van der Waals surface area contributed by atoms with Gasteiger partial charge in [0.25, 0.3) is 0 Å². The van der Waals surface area contributed by atoms with E-state index in [4.69, 9.17) is 4.98 Å². The number of imidazole rings is 1. The quantitative estimate of drug-likeness (QED) is 0.144. The third-order valence-electron chi connectivity index (χ3n) is 10.8. The van der Waals surface area contributed by atoms with Crippen molar-refractivity contribution in [3.63, 3.8) is 0 Å². The highest BCUT2D eigenvalue weighted by Crippen LogP contribution is 2.42. The molecule has 0 aliphatic carbocycles. The number of benzene rings is 6. The molecule has 50 heavy (non-hydrogen) atoms. The normalized spacial score (nSPS) is 11.5. The molecule has 0 aliphatic rings. The molecule has 0 atom stereocenters. The minimum atomic E-state index is 0.0223. The van der Waals surface area contributed by atoms with E-state index in [1.54, 1.807) is 0 Å². The number of aromatic nitrogens is 2. The number of nitrogens with zero attached hydrogens (tertiary/aromatic N) is 2. The number of rotatable bonds is 10. The lowest BCUT2D eigenvalue weighted by Gasteiger charge is -2.33. The number of aryl methyl sites for hydroxylation is 2. The van der Waals surface area contributed by atoms with Gasteiger partial charge in [-0.1, -0.05) is 130 Å². The van der Waals surface area contributed by atoms with Crippen LogP contribution >= 0.6 is 0 Å². The molecule has 0 radical (unpaired) electrons. The molecule has 0 saturated carbocycles. The monoisotopic (exact) mass is 650 g/mol. The second-order valence-electron chi connectivity index (χ2n) is 13.6. The lowest BCUT2D eigenvalue weighted by atomic mass is 9.77. The van der Waals surface area contributed by atoms with E-state index in [2.05, 4.69) is 191 Å². The van der Waals surface area contributed by atoms with Crippen LogP contribution in [-0.2, 0) is 5.41 Å². The van der Waals surface area contributed by atoms with Crippen molar-refractivity contribution in [3.8, 4) is 61.6 Å². The molecule has 0 bridgehead atoms. The zero-order valence-corrected chi connectivity index (χ0v) is 29.9. The first-order valence-corrected chi connectivity index (χ1v) is 18.1. The molecule has 0 fully saturated rings. The van der Waals surface area contributed by atoms with E-state index in [0.717, 1.165) is 30.7 Å². The van der Waals surface area contributed by atoms with Crippen molar-refractivity contribution in [1.82, 2.24) is 9.55 Å². The van der Waals surface area contributed by atoms with Crippen molar-refractivity contribution >= 4 is 0 Å². The third kappa shape index (κ3) is 6.23. The van der Waals surface area contributed by atoms with E-state index in [0.29, 0.717) is 0 Å². The van der Waals surface area contributed by atoms with Gasteiger partial charge < -0.3 is 0 Å². The summed E-state index contributed by atoms with van der Waals surface area (Å²) in [6.07, 6.45) is 5.33. The summed E-state index contributed by atoms with van der Waals surface area (Å²) in [4.78, 5) is 5.26. The van der Waals surface area contributed by atoms with Crippen LogP contribution in [-0.4, -0.2) is 9.55 Å². The molecule has 1 heterocycles. The van der Waals surface area contributed by atoms with Crippen molar-refractivity contribution in [2.75, 3.05) is 0 Å². The zero-order chi connectivity index (χ0) is 34.7. The van der Waals surface area contributed by atoms with E-state index >= 15 is 0 Å². The first-order valence-electron chi connectivity index (χ1n) is 18.1. The fraction of sp³-hybridized carbons (Fsp3) is 0.188. The standard InChI is InChI=1S/C48H46N2/c1-6-48(7-2,8-3)45-33-49-47(50(45)46-34(4)27-41(28-35(46)5)36-19-12-9-13-20-36)40-26-18-25-39(29-40)44-31-42(37-21-14-10-15-22-37)30-43(32-44)38-23-16-11-17-24-38/h9-33H,6-8H2,1-5H3. The Balaban J connectivity index is 1.42. The Kier molecular flexibility index (Phi) is 9.37. The molecule has 2 heteroatoms. The predicted molar refractivity (Wildman–Crippen MR) is 213 cm³/mol. The smallest absolute Gasteiger partial charge is 0.144 e. The fourth-order valence-corrected chi connectivity index (χ4v) is 7.78. The molecule has 1 aromatic heterocycles. The minimum absolute atomic E-state index is 0.0223. The maximum absolute atomic E-state index is 5.26. The van der Waals surface area contributed by atoms with Crippen LogP contribution in [0.15, 0.2) is 152 Å². The maximum atomic E-state index is 5.26. The van der Waals surface area contributed by atoms with E-state index in [-0.39, 0.29) is 5.41 Å². The molecule has 0 saturated heterocycles.